The van der Waals surface area contributed by atoms with Gasteiger partial charge in [0, 0.05) is 11.8 Å². The summed E-state index contributed by atoms with van der Waals surface area (Å²) >= 11 is 0. The first-order valence-corrected chi connectivity index (χ1v) is 7.17. The van der Waals surface area contributed by atoms with Gasteiger partial charge in [-0.2, -0.15) is 0 Å². The van der Waals surface area contributed by atoms with Crippen LogP contribution in [0, 0.1) is 0 Å². The normalized spacial score (nSPS) is 11.2. The zero-order chi connectivity index (χ0) is 15.5. The fourth-order valence-corrected chi connectivity index (χ4v) is 2.15. The van der Waals surface area contributed by atoms with E-state index >= 15 is 0 Å². The first-order chi connectivity index (χ1) is 9.95. The molecule has 1 heterocycles. The maximum absolute atomic E-state index is 11.1. The highest BCUT2D eigenvalue weighted by Crippen LogP contribution is 2.35. The summed E-state index contributed by atoms with van der Waals surface area (Å²) in [5, 5.41) is 0. The van der Waals surface area contributed by atoms with E-state index in [0.717, 1.165) is 24.0 Å². The molecule has 1 aromatic carbocycles. The number of hydrogen-bond acceptors (Lipinski definition) is 3. The fraction of sp³-hybridized carbons (Fsp3) is 0.333. The van der Waals surface area contributed by atoms with E-state index in [2.05, 4.69) is 38.7 Å². The second-order valence-corrected chi connectivity index (χ2v) is 6.05. The lowest BCUT2D eigenvalue weighted by Crippen LogP contribution is -2.13. The molecule has 0 amide bonds. The average Bonchev–Trinajstić information content (AvgIpc) is 2.47. The number of ether oxygens (including phenoxy) is 1. The molecule has 0 fully saturated rings. The number of nitrogens with zero attached hydrogens (tertiary/aromatic N) is 1. The van der Waals surface area contributed by atoms with Crippen molar-refractivity contribution in [3.05, 3.63) is 53.2 Å². The van der Waals surface area contributed by atoms with Crippen molar-refractivity contribution in [2.45, 2.75) is 39.5 Å². The summed E-state index contributed by atoms with van der Waals surface area (Å²) in [7, 11) is 0. The summed E-state index contributed by atoms with van der Waals surface area (Å²) in [6.45, 7) is 8.57. The summed E-state index contributed by atoms with van der Waals surface area (Å²) in [5.74, 6) is 1.10. The Morgan fingerprint density at radius 2 is 2.00 bits per heavy atom. The van der Waals surface area contributed by atoms with Crippen LogP contribution in [0.15, 0.2) is 36.5 Å². The van der Waals surface area contributed by atoms with Crippen LogP contribution in [0.5, 0.6) is 11.6 Å². The summed E-state index contributed by atoms with van der Waals surface area (Å²) in [6.07, 6.45) is 3.37. The SMILES string of the molecule is CCc1ccc(Oc2ncccc2C=O)c(C(C)(C)C)c1. The maximum atomic E-state index is 11.1. The summed E-state index contributed by atoms with van der Waals surface area (Å²) in [4.78, 5) is 15.2. The van der Waals surface area contributed by atoms with Crippen molar-refractivity contribution in [1.82, 2.24) is 4.98 Å². The van der Waals surface area contributed by atoms with Crippen molar-refractivity contribution < 1.29 is 9.53 Å². The van der Waals surface area contributed by atoms with Gasteiger partial charge in [0.1, 0.15) is 5.75 Å². The number of aryl methyl sites for hydroxylation is 1. The number of aldehydes is 1. The molecule has 0 saturated carbocycles. The number of carbonyl (C=O) groups excluding carboxylic acids is 1. The quantitative estimate of drug-likeness (QED) is 0.773. The Kier molecular flexibility index (Phi) is 4.41. The number of rotatable bonds is 4. The van der Waals surface area contributed by atoms with Crippen LogP contribution in [0.2, 0.25) is 0 Å². The Labute approximate surface area is 126 Å². The number of hydrogen-bond donors (Lipinski definition) is 0. The molecule has 0 bridgehead atoms. The fourth-order valence-electron chi connectivity index (χ4n) is 2.15. The van der Waals surface area contributed by atoms with Gasteiger partial charge in [-0.1, -0.05) is 39.8 Å². The van der Waals surface area contributed by atoms with Gasteiger partial charge >= 0.3 is 0 Å². The summed E-state index contributed by atoms with van der Waals surface area (Å²) < 4.78 is 5.92. The van der Waals surface area contributed by atoms with Crippen LogP contribution in [-0.2, 0) is 11.8 Å². The van der Waals surface area contributed by atoms with Gasteiger partial charge in [-0.05, 0) is 35.6 Å². The molecule has 0 spiro atoms. The Morgan fingerprint density at radius 1 is 1.24 bits per heavy atom. The first kappa shape index (κ1) is 15.2. The van der Waals surface area contributed by atoms with Crippen molar-refractivity contribution in [1.29, 1.82) is 0 Å². The molecule has 0 unspecified atom stereocenters. The van der Waals surface area contributed by atoms with Gasteiger partial charge in [0.25, 0.3) is 0 Å². The Bertz CT molecular complexity index is 642. The van der Waals surface area contributed by atoms with Crippen LogP contribution in [0.3, 0.4) is 0 Å². The first-order valence-electron chi connectivity index (χ1n) is 7.17. The molecular formula is C18H21NO2. The monoisotopic (exact) mass is 283 g/mol. The standard InChI is InChI=1S/C18H21NO2/c1-5-13-8-9-16(15(11-13)18(2,3)4)21-17-14(12-20)7-6-10-19-17/h6-12H,5H2,1-4H3. The van der Waals surface area contributed by atoms with Crippen molar-refractivity contribution in [3.63, 3.8) is 0 Å². The van der Waals surface area contributed by atoms with Crippen LogP contribution in [0.1, 0.15) is 49.2 Å². The molecule has 0 aliphatic rings. The molecule has 3 nitrogen and oxygen atoms in total. The molecule has 0 saturated heterocycles. The van der Waals surface area contributed by atoms with Gasteiger partial charge in [0.2, 0.25) is 5.88 Å². The van der Waals surface area contributed by atoms with Crippen molar-refractivity contribution in [2.24, 2.45) is 0 Å². The van der Waals surface area contributed by atoms with Gasteiger partial charge in [-0.15, -0.1) is 0 Å². The lowest BCUT2D eigenvalue weighted by molar-refractivity contribution is 0.112. The highest BCUT2D eigenvalue weighted by Gasteiger charge is 2.20. The number of aromatic nitrogens is 1. The van der Waals surface area contributed by atoms with E-state index in [1.54, 1.807) is 18.3 Å². The van der Waals surface area contributed by atoms with Gasteiger partial charge in [-0.25, -0.2) is 4.98 Å². The van der Waals surface area contributed by atoms with E-state index in [-0.39, 0.29) is 5.41 Å². The molecule has 0 atom stereocenters. The third-order valence-corrected chi connectivity index (χ3v) is 3.39. The number of carbonyl (C=O) groups is 1. The van der Waals surface area contributed by atoms with E-state index in [9.17, 15) is 4.79 Å². The van der Waals surface area contributed by atoms with Gasteiger partial charge < -0.3 is 4.74 Å². The van der Waals surface area contributed by atoms with Gasteiger partial charge in [0.15, 0.2) is 6.29 Å². The Morgan fingerprint density at radius 3 is 2.62 bits per heavy atom. The minimum Gasteiger partial charge on any atom is -0.438 e. The third kappa shape index (κ3) is 3.48. The number of pyridine rings is 1. The van der Waals surface area contributed by atoms with Crippen LogP contribution >= 0.6 is 0 Å². The van der Waals surface area contributed by atoms with Crippen LogP contribution in [-0.4, -0.2) is 11.3 Å². The largest absolute Gasteiger partial charge is 0.438 e. The minimum atomic E-state index is -0.0450. The second kappa shape index (κ2) is 6.08. The molecule has 21 heavy (non-hydrogen) atoms. The summed E-state index contributed by atoms with van der Waals surface area (Å²) in [5.41, 5.74) is 2.79. The van der Waals surface area contributed by atoms with Crippen LogP contribution < -0.4 is 4.74 Å². The molecule has 1 aromatic heterocycles. The number of benzene rings is 1. The molecule has 3 heteroatoms. The predicted octanol–water partition coefficient (Wildman–Crippen LogP) is 4.55. The van der Waals surface area contributed by atoms with Crippen molar-refractivity contribution >= 4 is 6.29 Å². The molecule has 2 rings (SSSR count). The topological polar surface area (TPSA) is 39.2 Å². The third-order valence-electron chi connectivity index (χ3n) is 3.39. The Balaban J connectivity index is 2.46. The Hall–Kier alpha value is -2.16. The van der Waals surface area contributed by atoms with E-state index in [1.165, 1.54) is 5.56 Å². The molecule has 0 radical (unpaired) electrons. The summed E-state index contributed by atoms with van der Waals surface area (Å²) in [6, 6.07) is 9.60. The van der Waals surface area contributed by atoms with E-state index < -0.39 is 0 Å². The van der Waals surface area contributed by atoms with Gasteiger partial charge in [-0.3, -0.25) is 4.79 Å². The van der Waals surface area contributed by atoms with E-state index in [0.29, 0.717) is 11.4 Å². The van der Waals surface area contributed by atoms with Crippen molar-refractivity contribution in [3.8, 4) is 11.6 Å². The van der Waals surface area contributed by atoms with Crippen LogP contribution in [0.4, 0.5) is 0 Å². The zero-order valence-corrected chi connectivity index (χ0v) is 13.0. The average molecular weight is 283 g/mol. The zero-order valence-electron chi connectivity index (χ0n) is 13.0. The molecule has 110 valence electrons. The van der Waals surface area contributed by atoms with Crippen LogP contribution in [0.25, 0.3) is 0 Å². The molecule has 0 aliphatic carbocycles. The van der Waals surface area contributed by atoms with Crippen molar-refractivity contribution in [2.75, 3.05) is 0 Å². The maximum Gasteiger partial charge on any atom is 0.229 e. The lowest BCUT2D eigenvalue weighted by Gasteiger charge is -2.23. The predicted molar refractivity (Wildman–Crippen MR) is 84.2 cm³/mol. The molecule has 2 aromatic rings. The minimum absolute atomic E-state index is 0.0450. The molecule has 0 aliphatic heterocycles. The van der Waals surface area contributed by atoms with Gasteiger partial charge in [0.05, 0.1) is 5.56 Å². The molecule has 0 N–H and O–H groups in total. The molecular weight excluding hydrogens is 262 g/mol. The second-order valence-electron chi connectivity index (χ2n) is 6.05. The van der Waals surface area contributed by atoms with E-state index in [4.69, 9.17) is 4.74 Å². The smallest absolute Gasteiger partial charge is 0.229 e. The highest BCUT2D eigenvalue weighted by atomic mass is 16.5. The lowest BCUT2D eigenvalue weighted by atomic mass is 9.85. The highest BCUT2D eigenvalue weighted by molar-refractivity contribution is 5.78. The van der Waals surface area contributed by atoms with E-state index in [1.807, 2.05) is 12.1 Å².